The Morgan fingerprint density at radius 2 is 1.58 bits per heavy atom. The highest BCUT2D eigenvalue weighted by molar-refractivity contribution is 5.56. The van der Waals surface area contributed by atoms with Gasteiger partial charge in [-0.05, 0) is 17.7 Å². The Hall–Kier alpha value is -2.09. The SMILES string of the molecule is CC(C=O)CN(Cc1ccccc1)c1ccccc1. The highest BCUT2D eigenvalue weighted by Gasteiger charge is 2.10. The Kier molecular flexibility index (Phi) is 4.73. The van der Waals surface area contributed by atoms with Crippen molar-refractivity contribution >= 4 is 12.0 Å². The number of carbonyl (C=O) groups excluding carboxylic acids is 1. The lowest BCUT2D eigenvalue weighted by Gasteiger charge is -2.26. The van der Waals surface area contributed by atoms with E-state index in [1.165, 1.54) is 5.56 Å². The van der Waals surface area contributed by atoms with Crippen LogP contribution in [0.5, 0.6) is 0 Å². The Balaban J connectivity index is 2.17. The van der Waals surface area contributed by atoms with Crippen molar-refractivity contribution in [1.29, 1.82) is 0 Å². The monoisotopic (exact) mass is 253 g/mol. The fourth-order valence-corrected chi connectivity index (χ4v) is 2.09. The summed E-state index contributed by atoms with van der Waals surface area (Å²) < 4.78 is 0. The summed E-state index contributed by atoms with van der Waals surface area (Å²) in [6.07, 6.45) is 1.01. The molecule has 0 aliphatic carbocycles. The number of hydrogen-bond donors (Lipinski definition) is 0. The van der Waals surface area contributed by atoms with Gasteiger partial charge in [-0.15, -0.1) is 0 Å². The molecule has 2 aromatic carbocycles. The maximum absolute atomic E-state index is 10.9. The molecule has 0 bridgehead atoms. The minimum atomic E-state index is 0.0314. The third kappa shape index (κ3) is 3.95. The molecule has 0 radical (unpaired) electrons. The summed E-state index contributed by atoms with van der Waals surface area (Å²) in [4.78, 5) is 13.1. The van der Waals surface area contributed by atoms with E-state index in [4.69, 9.17) is 0 Å². The molecule has 2 heteroatoms. The van der Waals surface area contributed by atoms with Crippen molar-refractivity contribution in [3.8, 4) is 0 Å². The van der Waals surface area contributed by atoms with E-state index in [9.17, 15) is 4.79 Å². The molecule has 0 aliphatic rings. The standard InChI is InChI=1S/C17H19NO/c1-15(14-19)12-18(17-10-6-3-7-11-17)13-16-8-4-2-5-9-16/h2-11,14-15H,12-13H2,1H3. The first kappa shape index (κ1) is 13.3. The number of anilines is 1. The summed E-state index contributed by atoms with van der Waals surface area (Å²) in [5.41, 5.74) is 2.41. The second-order valence-corrected chi connectivity index (χ2v) is 4.82. The molecule has 0 heterocycles. The Morgan fingerprint density at radius 3 is 2.16 bits per heavy atom. The van der Waals surface area contributed by atoms with Crippen molar-refractivity contribution in [1.82, 2.24) is 0 Å². The van der Waals surface area contributed by atoms with Crippen molar-refractivity contribution in [3.05, 3.63) is 66.2 Å². The van der Waals surface area contributed by atoms with Crippen LogP contribution < -0.4 is 4.90 Å². The van der Waals surface area contributed by atoms with Crippen molar-refractivity contribution < 1.29 is 4.79 Å². The van der Waals surface area contributed by atoms with E-state index in [0.717, 1.165) is 25.1 Å². The molecule has 2 rings (SSSR count). The molecular formula is C17H19NO. The molecule has 0 saturated heterocycles. The van der Waals surface area contributed by atoms with Gasteiger partial charge in [-0.3, -0.25) is 0 Å². The van der Waals surface area contributed by atoms with Gasteiger partial charge in [0.05, 0.1) is 0 Å². The van der Waals surface area contributed by atoms with Crippen LogP contribution in [0, 0.1) is 5.92 Å². The largest absolute Gasteiger partial charge is 0.367 e. The van der Waals surface area contributed by atoms with Gasteiger partial charge in [0.1, 0.15) is 6.29 Å². The van der Waals surface area contributed by atoms with Crippen LogP contribution in [0.2, 0.25) is 0 Å². The summed E-state index contributed by atoms with van der Waals surface area (Å²) in [5.74, 6) is 0.0314. The topological polar surface area (TPSA) is 20.3 Å². The summed E-state index contributed by atoms with van der Waals surface area (Å²) in [5, 5.41) is 0. The molecule has 98 valence electrons. The highest BCUT2D eigenvalue weighted by Crippen LogP contribution is 2.18. The number of benzene rings is 2. The van der Waals surface area contributed by atoms with Gasteiger partial charge in [0.25, 0.3) is 0 Å². The van der Waals surface area contributed by atoms with Crippen LogP contribution in [-0.2, 0) is 11.3 Å². The Morgan fingerprint density at radius 1 is 1.00 bits per heavy atom. The zero-order chi connectivity index (χ0) is 13.5. The van der Waals surface area contributed by atoms with E-state index in [1.54, 1.807) is 0 Å². The summed E-state index contributed by atoms with van der Waals surface area (Å²) >= 11 is 0. The van der Waals surface area contributed by atoms with Crippen LogP contribution in [0.15, 0.2) is 60.7 Å². The van der Waals surface area contributed by atoms with Gasteiger partial charge >= 0.3 is 0 Å². The van der Waals surface area contributed by atoms with E-state index < -0.39 is 0 Å². The second-order valence-electron chi connectivity index (χ2n) is 4.82. The van der Waals surface area contributed by atoms with Crippen molar-refractivity contribution in [3.63, 3.8) is 0 Å². The van der Waals surface area contributed by atoms with Crippen LogP contribution in [0.4, 0.5) is 5.69 Å². The van der Waals surface area contributed by atoms with Gasteiger partial charge in [0.15, 0.2) is 0 Å². The first-order valence-electron chi connectivity index (χ1n) is 6.59. The molecule has 2 aromatic rings. The fourth-order valence-electron chi connectivity index (χ4n) is 2.09. The number of carbonyl (C=O) groups is 1. The van der Waals surface area contributed by atoms with E-state index in [1.807, 2.05) is 43.3 Å². The van der Waals surface area contributed by atoms with Crippen molar-refractivity contribution in [2.75, 3.05) is 11.4 Å². The third-order valence-corrected chi connectivity index (χ3v) is 3.08. The average molecular weight is 253 g/mol. The van der Waals surface area contributed by atoms with Gasteiger partial charge in [0.2, 0.25) is 0 Å². The number of rotatable bonds is 6. The highest BCUT2D eigenvalue weighted by atomic mass is 16.1. The zero-order valence-electron chi connectivity index (χ0n) is 11.2. The lowest BCUT2D eigenvalue weighted by Crippen LogP contribution is -2.28. The number of aldehydes is 1. The van der Waals surface area contributed by atoms with Crippen LogP contribution >= 0.6 is 0 Å². The number of hydrogen-bond acceptors (Lipinski definition) is 2. The van der Waals surface area contributed by atoms with E-state index in [2.05, 4.69) is 29.2 Å². The molecule has 2 nitrogen and oxygen atoms in total. The molecule has 0 N–H and O–H groups in total. The quantitative estimate of drug-likeness (QED) is 0.734. The first-order chi connectivity index (χ1) is 9.29. The molecule has 1 atom stereocenters. The maximum atomic E-state index is 10.9. The van der Waals surface area contributed by atoms with Crippen molar-refractivity contribution in [2.45, 2.75) is 13.5 Å². The molecule has 19 heavy (non-hydrogen) atoms. The average Bonchev–Trinajstić information content (AvgIpc) is 2.48. The fraction of sp³-hybridized carbons (Fsp3) is 0.235. The molecule has 0 saturated carbocycles. The van der Waals surface area contributed by atoms with E-state index >= 15 is 0 Å². The van der Waals surface area contributed by atoms with Gasteiger partial charge in [-0.2, -0.15) is 0 Å². The third-order valence-electron chi connectivity index (χ3n) is 3.08. The molecule has 0 aliphatic heterocycles. The first-order valence-corrected chi connectivity index (χ1v) is 6.59. The van der Waals surface area contributed by atoms with E-state index in [-0.39, 0.29) is 5.92 Å². The minimum absolute atomic E-state index is 0.0314. The molecule has 0 aromatic heterocycles. The smallest absolute Gasteiger partial charge is 0.124 e. The van der Waals surface area contributed by atoms with Gasteiger partial charge in [-0.25, -0.2) is 0 Å². The van der Waals surface area contributed by atoms with Gasteiger partial charge < -0.3 is 9.69 Å². The number of nitrogens with zero attached hydrogens (tertiary/aromatic N) is 1. The van der Waals surface area contributed by atoms with Crippen LogP contribution in [0.25, 0.3) is 0 Å². The summed E-state index contributed by atoms with van der Waals surface area (Å²) in [6, 6.07) is 20.6. The summed E-state index contributed by atoms with van der Waals surface area (Å²) in [6.45, 7) is 3.51. The van der Waals surface area contributed by atoms with Gasteiger partial charge in [-0.1, -0.05) is 55.5 Å². The molecule has 0 amide bonds. The molecule has 0 spiro atoms. The normalized spacial score (nSPS) is 11.8. The lowest BCUT2D eigenvalue weighted by atomic mass is 10.1. The lowest BCUT2D eigenvalue weighted by molar-refractivity contribution is -0.110. The Bertz CT molecular complexity index is 495. The predicted molar refractivity (Wildman–Crippen MR) is 79.2 cm³/mol. The minimum Gasteiger partial charge on any atom is -0.367 e. The molecular weight excluding hydrogens is 234 g/mol. The second kappa shape index (κ2) is 6.74. The molecule has 0 fully saturated rings. The summed E-state index contributed by atoms with van der Waals surface area (Å²) in [7, 11) is 0. The van der Waals surface area contributed by atoms with Gasteiger partial charge in [0, 0.05) is 24.7 Å². The molecule has 1 unspecified atom stereocenters. The van der Waals surface area contributed by atoms with Crippen molar-refractivity contribution in [2.24, 2.45) is 5.92 Å². The maximum Gasteiger partial charge on any atom is 0.124 e. The predicted octanol–water partition coefficient (Wildman–Crippen LogP) is 3.53. The zero-order valence-corrected chi connectivity index (χ0v) is 11.2. The Labute approximate surface area is 114 Å². The van der Waals surface area contributed by atoms with E-state index in [0.29, 0.717) is 0 Å². The number of para-hydroxylation sites is 1. The van der Waals surface area contributed by atoms with Crippen LogP contribution in [0.1, 0.15) is 12.5 Å². The van der Waals surface area contributed by atoms with Crippen LogP contribution in [0.3, 0.4) is 0 Å². The van der Waals surface area contributed by atoms with Crippen LogP contribution in [-0.4, -0.2) is 12.8 Å².